The number of fused-ring (bicyclic) bond motifs is 1. The molecule has 2 fully saturated rings. The molecule has 8 heteroatoms. The van der Waals surface area contributed by atoms with Crippen LogP contribution in [0, 0.1) is 24.2 Å². The van der Waals surface area contributed by atoms with Gasteiger partial charge in [-0.25, -0.2) is 4.98 Å². The van der Waals surface area contributed by atoms with Crippen molar-refractivity contribution in [2.24, 2.45) is 17.3 Å². The Labute approximate surface area is 213 Å². The van der Waals surface area contributed by atoms with Crippen LogP contribution in [0.15, 0.2) is 11.0 Å². The van der Waals surface area contributed by atoms with E-state index in [0.717, 1.165) is 35.5 Å². The van der Waals surface area contributed by atoms with Crippen LogP contribution in [-0.4, -0.2) is 56.8 Å². The number of nitrogens with zero attached hydrogens (tertiary/aromatic N) is 1. The molecule has 3 heterocycles. The number of rotatable bonds is 2. The molecule has 7 atom stereocenters. The summed E-state index contributed by atoms with van der Waals surface area (Å²) in [6.45, 7) is 13.0. The van der Waals surface area contributed by atoms with Crippen molar-refractivity contribution in [1.82, 2.24) is 10.3 Å². The number of epoxide rings is 1. The lowest BCUT2D eigenvalue weighted by atomic mass is 9.72. The molecule has 0 spiro atoms. The molecule has 0 bridgehead atoms. The van der Waals surface area contributed by atoms with Crippen molar-refractivity contribution in [3.05, 3.63) is 21.7 Å². The molecule has 2 unspecified atom stereocenters. The van der Waals surface area contributed by atoms with Crippen molar-refractivity contribution in [1.29, 1.82) is 0 Å². The van der Waals surface area contributed by atoms with E-state index >= 15 is 0 Å². The Hall–Kier alpha value is -1.61. The highest BCUT2D eigenvalue weighted by Gasteiger charge is 2.52. The van der Waals surface area contributed by atoms with E-state index in [1.807, 2.05) is 32.2 Å². The molecule has 3 N–H and O–H groups in total. The van der Waals surface area contributed by atoms with Gasteiger partial charge in [0.15, 0.2) is 0 Å². The van der Waals surface area contributed by atoms with Crippen molar-refractivity contribution in [3.63, 3.8) is 0 Å². The van der Waals surface area contributed by atoms with Gasteiger partial charge in [-0.3, -0.25) is 9.59 Å². The molecule has 1 aromatic rings. The molecular weight excluding hydrogens is 464 g/mol. The Kier molecular flexibility index (Phi) is 8.62. The minimum Gasteiger partial charge on any atom is -0.392 e. The van der Waals surface area contributed by atoms with Gasteiger partial charge in [0.2, 0.25) is 5.91 Å². The first kappa shape index (κ1) is 28.0. The van der Waals surface area contributed by atoms with Gasteiger partial charge in [-0.2, -0.15) is 0 Å². The SMILES string of the molecule is CC(=Cc1csc(C)n1)C1CC2O[C@]2(C)CCC[C@H](C)[C@H](O)[C@@H](C)C(=O)C(C)(C)[C@@H](O)CC(=O)N1. The number of ketones is 1. The minimum absolute atomic E-state index is 0.0170. The zero-order valence-electron chi connectivity index (χ0n) is 22.1. The lowest BCUT2D eigenvalue weighted by Gasteiger charge is -2.34. The van der Waals surface area contributed by atoms with E-state index in [2.05, 4.69) is 17.2 Å². The Morgan fingerprint density at radius 3 is 2.57 bits per heavy atom. The third-order valence-corrected chi connectivity index (χ3v) is 8.86. The number of aromatic nitrogens is 1. The van der Waals surface area contributed by atoms with Crippen LogP contribution in [0.1, 0.15) is 84.3 Å². The minimum atomic E-state index is -1.17. The maximum Gasteiger partial charge on any atom is 0.223 e. The molecule has 0 aromatic carbocycles. The topological polar surface area (TPSA) is 112 Å². The number of Topliss-reactive ketones (excluding diaryl/α,β-unsaturated/α-hetero) is 1. The third-order valence-electron chi connectivity index (χ3n) is 8.07. The molecule has 0 aliphatic carbocycles. The average Bonchev–Trinajstić information content (AvgIpc) is 3.22. The van der Waals surface area contributed by atoms with Gasteiger partial charge in [-0.1, -0.05) is 34.1 Å². The summed E-state index contributed by atoms with van der Waals surface area (Å²) in [6.07, 6.45) is 2.99. The summed E-state index contributed by atoms with van der Waals surface area (Å²) >= 11 is 1.58. The zero-order chi connectivity index (χ0) is 26.1. The van der Waals surface area contributed by atoms with Crippen molar-refractivity contribution in [3.8, 4) is 0 Å². The van der Waals surface area contributed by atoms with E-state index in [-0.39, 0.29) is 41.8 Å². The van der Waals surface area contributed by atoms with Crippen LogP contribution in [0.2, 0.25) is 0 Å². The fourth-order valence-corrected chi connectivity index (χ4v) is 5.76. The number of carbonyl (C=O) groups is 2. The standard InChI is InChI=1S/C27H42N2O5S/c1-15-9-8-10-27(7)22(34-27)12-20(16(2)11-19-14-35-18(4)28-19)29-23(31)13-21(30)26(5,6)25(33)17(3)24(15)32/h11,14-15,17,20-22,24,30,32H,8-10,12-13H2,1-7H3,(H,29,31)/t15-,17+,20?,21-,22?,24-,27+/m0/s1. The second-order valence-corrected chi connectivity index (χ2v) is 12.5. The molecule has 0 saturated carbocycles. The van der Waals surface area contributed by atoms with Crippen LogP contribution in [0.5, 0.6) is 0 Å². The number of hydrogen-bond acceptors (Lipinski definition) is 7. The molecule has 0 radical (unpaired) electrons. The fraction of sp³-hybridized carbons (Fsp3) is 0.741. The van der Waals surface area contributed by atoms with Crippen LogP contribution in [0.3, 0.4) is 0 Å². The normalized spacial score (nSPS) is 37.5. The first-order valence-electron chi connectivity index (χ1n) is 12.7. The van der Waals surface area contributed by atoms with E-state index in [1.54, 1.807) is 32.1 Å². The predicted molar refractivity (Wildman–Crippen MR) is 138 cm³/mol. The molecule has 1 aromatic heterocycles. The summed E-state index contributed by atoms with van der Waals surface area (Å²) in [5, 5.41) is 27.8. The van der Waals surface area contributed by atoms with Gasteiger partial charge >= 0.3 is 0 Å². The maximum atomic E-state index is 13.2. The molecule has 196 valence electrons. The monoisotopic (exact) mass is 506 g/mol. The first-order chi connectivity index (χ1) is 16.2. The average molecular weight is 507 g/mol. The van der Waals surface area contributed by atoms with Gasteiger partial charge < -0.3 is 20.3 Å². The Bertz CT molecular complexity index is 957. The smallest absolute Gasteiger partial charge is 0.223 e. The Balaban J connectivity index is 1.85. The molecule has 2 saturated heterocycles. The van der Waals surface area contributed by atoms with Gasteiger partial charge in [0.25, 0.3) is 0 Å². The molecule has 2 aliphatic heterocycles. The summed E-state index contributed by atoms with van der Waals surface area (Å²) in [5.41, 5.74) is 0.410. The van der Waals surface area contributed by atoms with Crippen LogP contribution < -0.4 is 5.32 Å². The highest BCUT2D eigenvalue weighted by Crippen LogP contribution is 2.44. The number of ether oxygens (including phenoxy) is 1. The number of nitrogens with one attached hydrogen (secondary N) is 1. The van der Waals surface area contributed by atoms with Gasteiger partial charge in [0.05, 0.1) is 52.5 Å². The Morgan fingerprint density at radius 2 is 1.94 bits per heavy atom. The molecule has 2 aliphatic rings. The number of carbonyl (C=O) groups excluding carboxylic acids is 2. The van der Waals surface area contributed by atoms with Crippen LogP contribution in [-0.2, 0) is 14.3 Å². The van der Waals surface area contributed by atoms with Crippen molar-refractivity contribution >= 4 is 29.1 Å². The van der Waals surface area contributed by atoms with Gasteiger partial charge in [-0.05, 0) is 51.2 Å². The quantitative estimate of drug-likeness (QED) is 0.522. The highest BCUT2D eigenvalue weighted by atomic mass is 32.1. The molecule has 7 nitrogen and oxygen atoms in total. The fourth-order valence-electron chi connectivity index (χ4n) is 5.19. The summed E-state index contributed by atoms with van der Waals surface area (Å²) < 4.78 is 6.10. The summed E-state index contributed by atoms with van der Waals surface area (Å²) in [7, 11) is 0. The van der Waals surface area contributed by atoms with Crippen LogP contribution in [0.25, 0.3) is 6.08 Å². The first-order valence-corrected chi connectivity index (χ1v) is 13.6. The number of hydrogen-bond donors (Lipinski definition) is 3. The number of aliphatic hydroxyl groups is 2. The van der Waals surface area contributed by atoms with E-state index in [4.69, 9.17) is 4.74 Å². The van der Waals surface area contributed by atoms with Crippen LogP contribution in [0.4, 0.5) is 0 Å². The molecule has 35 heavy (non-hydrogen) atoms. The lowest BCUT2D eigenvalue weighted by Crippen LogP contribution is -2.47. The predicted octanol–water partition coefficient (Wildman–Crippen LogP) is 4.05. The number of aliphatic hydroxyl groups excluding tert-OH is 2. The summed E-state index contributed by atoms with van der Waals surface area (Å²) in [4.78, 5) is 30.8. The van der Waals surface area contributed by atoms with Crippen molar-refractivity contribution in [2.45, 2.75) is 111 Å². The number of thiazole rings is 1. The van der Waals surface area contributed by atoms with Gasteiger partial charge in [0.1, 0.15) is 5.78 Å². The molecule has 3 rings (SSSR count). The van der Waals surface area contributed by atoms with E-state index in [9.17, 15) is 19.8 Å². The summed E-state index contributed by atoms with van der Waals surface area (Å²) in [5.74, 6) is -1.24. The highest BCUT2D eigenvalue weighted by molar-refractivity contribution is 7.09. The van der Waals surface area contributed by atoms with E-state index in [0.29, 0.717) is 6.42 Å². The number of aryl methyl sites for hydroxylation is 1. The largest absolute Gasteiger partial charge is 0.392 e. The van der Waals surface area contributed by atoms with E-state index < -0.39 is 23.5 Å². The molecule has 1 amide bonds. The van der Waals surface area contributed by atoms with Crippen molar-refractivity contribution < 1.29 is 24.5 Å². The second-order valence-electron chi connectivity index (χ2n) is 11.4. The lowest BCUT2D eigenvalue weighted by molar-refractivity contribution is -0.143. The summed E-state index contributed by atoms with van der Waals surface area (Å²) in [6, 6.07) is -0.269. The van der Waals surface area contributed by atoms with Crippen molar-refractivity contribution in [2.75, 3.05) is 0 Å². The third kappa shape index (κ3) is 6.59. The van der Waals surface area contributed by atoms with Gasteiger partial charge in [-0.15, -0.1) is 11.3 Å². The van der Waals surface area contributed by atoms with Gasteiger partial charge in [0, 0.05) is 17.7 Å². The number of amides is 1. The Morgan fingerprint density at radius 1 is 1.26 bits per heavy atom. The van der Waals surface area contributed by atoms with Crippen LogP contribution >= 0.6 is 11.3 Å². The second kappa shape index (κ2) is 10.8. The van der Waals surface area contributed by atoms with E-state index in [1.165, 1.54) is 0 Å². The molecular formula is C27H42N2O5S. The maximum absolute atomic E-state index is 13.2. The zero-order valence-corrected chi connectivity index (χ0v) is 22.9.